The molecule has 2 aromatic carbocycles. The van der Waals surface area contributed by atoms with Gasteiger partial charge in [0, 0.05) is 30.8 Å². The minimum absolute atomic E-state index is 0.00540. The Hall–Kier alpha value is -3.75. The number of urea groups is 1. The molecule has 2 fully saturated rings. The van der Waals surface area contributed by atoms with E-state index in [1.54, 1.807) is 24.3 Å². The van der Waals surface area contributed by atoms with Crippen molar-refractivity contribution in [3.05, 3.63) is 63.7 Å². The van der Waals surface area contributed by atoms with E-state index in [0.717, 1.165) is 29.0 Å². The molecule has 0 radical (unpaired) electrons. The molecule has 9 heteroatoms. The largest absolute Gasteiger partial charge is 0.367 e. The molecular formula is C23H22N4O5. The van der Waals surface area contributed by atoms with E-state index in [1.165, 1.54) is 12.1 Å². The molecule has 2 saturated heterocycles. The summed E-state index contributed by atoms with van der Waals surface area (Å²) in [6, 6.07) is 10.4. The Bertz CT molecular complexity index is 1180. The van der Waals surface area contributed by atoms with Crippen LogP contribution in [0.2, 0.25) is 0 Å². The molecule has 3 aliphatic heterocycles. The molecule has 32 heavy (non-hydrogen) atoms. The Kier molecular flexibility index (Phi) is 4.51. The van der Waals surface area contributed by atoms with E-state index in [-0.39, 0.29) is 12.1 Å². The third-order valence-electron chi connectivity index (χ3n) is 6.80. The number of nitrogens with zero attached hydrogens (tertiary/aromatic N) is 3. The van der Waals surface area contributed by atoms with Crippen LogP contribution in [0, 0.1) is 22.5 Å². The van der Waals surface area contributed by atoms with Crippen LogP contribution in [0.1, 0.15) is 30.4 Å². The lowest BCUT2D eigenvalue weighted by Gasteiger charge is -2.53. The van der Waals surface area contributed by atoms with Crippen LogP contribution in [0.3, 0.4) is 0 Å². The number of nitro groups is 1. The average molecular weight is 434 g/mol. The summed E-state index contributed by atoms with van der Waals surface area (Å²) >= 11 is 0. The summed E-state index contributed by atoms with van der Waals surface area (Å²) in [7, 11) is 0. The molecule has 2 unspecified atom stereocenters. The number of benzene rings is 2. The highest BCUT2D eigenvalue weighted by atomic mass is 16.6. The predicted octanol–water partition coefficient (Wildman–Crippen LogP) is 3.09. The van der Waals surface area contributed by atoms with E-state index in [1.807, 2.05) is 17.9 Å². The van der Waals surface area contributed by atoms with Crippen LogP contribution in [-0.4, -0.2) is 35.4 Å². The van der Waals surface area contributed by atoms with Crippen molar-refractivity contribution >= 4 is 34.9 Å². The fraction of sp³-hybridized carbons (Fsp3) is 0.348. The van der Waals surface area contributed by atoms with Crippen molar-refractivity contribution in [3.8, 4) is 0 Å². The van der Waals surface area contributed by atoms with Gasteiger partial charge in [0.05, 0.1) is 16.7 Å². The van der Waals surface area contributed by atoms with Gasteiger partial charge >= 0.3 is 6.03 Å². The molecule has 3 aliphatic rings. The summed E-state index contributed by atoms with van der Waals surface area (Å²) in [5.74, 6) is -1.21. The maximum atomic E-state index is 14.0. The van der Waals surface area contributed by atoms with E-state index in [2.05, 4.69) is 5.32 Å². The quantitative estimate of drug-likeness (QED) is 0.442. The van der Waals surface area contributed by atoms with Crippen molar-refractivity contribution < 1.29 is 19.3 Å². The molecule has 3 heterocycles. The number of non-ortho nitro benzene ring substituents is 1. The topological polar surface area (TPSA) is 113 Å². The highest BCUT2D eigenvalue weighted by Gasteiger charge is 2.62. The lowest BCUT2D eigenvalue weighted by Crippen LogP contribution is -2.72. The zero-order chi connectivity index (χ0) is 22.6. The van der Waals surface area contributed by atoms with Crippen molar-refractivity contribution in [2.75, 3.05) is 16.3 Å². The van der Waals surface area contributed by atoms with Gasteiger partial charge in [-0.2, -0.15) is 0 Å². The lowest BCUT2D eigenvalue weighted by atomic mass is 9.66. The van der Waals surface area contributed by atoms with Crippen molar-refractivity contribution in [2.45, 2.75) is 38.6 Å². The molecular weight excluding hydrogens is 412 g/mol. The number of hydrogen-bond donors (Lipinski definition) is 1. The number of rotatable bonds is 2. The van der Waals surface area contributed by atoms with Gasteiger partial charge in [-0.3, -0.25) is 25.0 Å². The summed E-state index contributed by atoms with van der Waals surface area (Å²) in [5, 5.41) is 13.8. The number of carbonyl (C=O) groups excluding carboxylic acids is 3. The summed E-state index contributed by atoms with van der Waals surface area (Å²) in [6.45, 7) is 2.49. The van der Waals surface area contributed by atoms with Crippen LogP contribution in [0.4, 0.5) is 21.9 Å². The van der Waals surface area contributed by atoms with E-state index < -0.39 is 34.2 Å². The van der Waals surface area contributed by atoms with Crippen molar-refractivity contribution in [2.24, 2.45) is 5.41 Å². The van der Waals surface area contributed by atoms with Gasteiger partial charge in [0.1, 0.15) is 0 Å². The number of aryl methyl sites for hydroxylation is 1. The lowest BCUT2D eigenvalue weighted by molar-refractivity contribution is -0.384. The maximum Gasteiger partial charge on any atom is 0.335 e. The highest BCUT2D eigenvalue weighted by Crippen LogP contribution is 2.48. The van der Waals surface area contributed by atoms with E-state index in [4.69, 9.17) is 0 Å². The molecule has 2 atom stereocenters. The first-order chi connectivity index (χ1) is 15.3. The van der Waals surface area contributed by atoms with Crippen molar-refractivity contribution in [3.63, 3.8) is 0 Å². The van der Waals surface area contributed by atoms with Crippen LogP contribution < -0.4 is 15.1 Å². The average Bonchev–Trinajstić information content (AvgIpc) is 2.77. The summed E-state index contributed by atoms with van der Waals surface area (Å²) < 4.78 is 0. The van der Waals surface area contributed by atoms with Crippen molar-refractivity contribution in [1.29, 1.82) is 0 Å². The Balaban J connectivity index is 1.68. The molecule has 0 aromatic heterocycles. The third kappa shape index (κ3) is 2.80. The van der Waals surface area contributed by atoms with Crippen LogP contribution in [0.5, 0.6) is 0 Å². The zero-order valence-corrected chi connectivity index (χ0v) is 17.5. The second-order valence-electron chi connectivity index (χ2n) is 8.66. The third-order valence-corrected chi connectivity index (χ3v) is 6.80. The molecule has 9 nitrogen and oxygen atoms in total. The van der Waals surface area contributed by atoms with Crippen LogP contribution in [0.15, 0.2) is 42.5 Å². The number of anilines is 2. The second kappa shape index (κ2) is 7.15. The summed E-state index contributed by atoms with van der Waals surface area (Å²) in [4.78, 5) is 54.1. The number of piperidine rings is 1. The highest BCUT2D eigenvalue weighted by molar-refractivity contribution is 6.30. The minimum Gasteiger partial charge on any atom is -0.367 e. The first-order valence-electron chi connectivity index (χ1n) is 10.6. The Morgan fingerprint density at radius 1 is 1.12 bits per heavy atom. The standard InChI is InChI=1S/C23H22N4O5/c1-14-5-4-6-16(11-14)26-21(29)23(20(28)24-22(26)30)13-15-12-17(27(31)32)8-9-18(15)25-10-3-2-7-19(23)25/h4-6,8-9,11-12,19H,2-3,7,10,13H2,1H3,(H,24,28,30). The van der Waals surface area contributed by atoms with Gasteiger partial charge in [-0.25, -0.2) is 9.69 Å². The van der Waals surface area contributed by atoms with E-state index >= 15 is 0 Å². The molecule has 164 valence electrons. The molecule has 0 saturated carbocycles. The van der Waals surface area contributed by atoms with E-state index in [9.17, 15) is 24.5 Å². The van der Waals surface area contributed by atoms with Crippen LogP contribution in [0.25, 0.3) is 0 Å². The van der Waals surface area contributed by atoms with Crippen LogP contribution in [-0.2, 0) is 16.0 Å². The fourth-order valence-electron chi connectivity index (χ4n) is 5.36. The number of hydrogen-bond acceptors (Lipinski definition) is 6. The summed E-state index contributed by atoms with van der Waals surface area (Å²) in [6.07, 6.45) is 2.36. The van der Waals surface area contributed by atoms with Gasteiger partial charge < -0.3 is 4.90 Å². The Morgan fingerprint density at radius 3 is 2.69 bits per heavy atom. The smallest absolute Gasteiger partial charge is 0.335 e. The molecule has 2 aromatic rings. The maximum absolute atomic E-state index is 14.0. The van der Waals surface area contributed by atoms with Gasteiger partial charge in [0.15, 0.2) is 5.41 Å². The monoisotopic (exact) mass is 434 g/mol. The molecule has 0 aliphatic carbocycles. The molecule has 1 spiro atoms. The van der Waals surface area contributed by atoms with E-state index in [0.29, 0.717) is 24.2 Å². The normalized spacial score (nSPS) is 24.8. The minimum atomic E-state index is -1.54. The van der Waals surface area contributed by atoms with Gasteiger partial charge in [0.2, 0.25) is 5.91 Å². The number of fused-ring (bicyclic) bond motifs is 4. The van der Waals surface area contributed by atoms with Gasteiger partial charge in [-0.1, -0.05) is 12.1 Å². The second-order valence-corrected chi connectivity index (χ2v) is 8.66. The van der Waals surface area contributed by atoms with Gasteiger partial charge in [-0.15, -0.1) is 0 Å². The van der Waals surface area contributed by atoms with Crippen LogP contribution >= 0.6 is 0 Å². The number of nitrogens with one attached hydrogen (secondary N) is 1. The first-order valence-corrected chi connectivity index (χ1v) is 10.6. The SMILES string of the molecule is Cc1cccc(N2C(=O)NC(=O)C3(Cc4cc([N+](=O)[O-])ccc4N4CCCCC43)C2=O)c1. The van der Waals surface area contributed by atoms with Crippen molar-refractivity contribution in [1.82, 2.24) is 5.32 Å². The number of barbiturate groups is 1. The molecule has 5 rings (SSSR count). The van der Waals surface area contributed by atoms with Gasteiger partial charge in [-0.05, 0) is 55.5 Å². The number of nitro benzene ring substituents is 1. The number of imide groups is 2. The molecule has 1 N–H and O–H groups in total. The number of carbonyl (C=O) groups is 3. The molecule has 0 bridgehead atoms. The zero-order valence-electron chi connectivity index (χ0n) is 17.5. The Labute approximate surface area is 184 Å². The fourth-order valence-corrected chi connectivity index (χ4v) is 5.36. The molecule has 4 amide bonds. The van der Waals surface area contributed by atoms with Gasteiger partial charge in [0.25, 0.3) is 11.6 Å². The number of amides is 4. The predicted molar refractivity (Wildman–Crippen MR) is 116 cm³/mol. The Morgan fingerprint density at radius 2 is 1.94 bits per heavy atom. The first kappa shape index (κ1) is 20.2. The summed E-state index contributed by atoms with van der Waals surface area (Å²) in [5.41, 5.74) is 1.01.